The molecule has 1 aliphatic heterocycles. The van der Waals surface area contributed by atoms with Crippen molar-refractivity contribution in [2.24, 2.45) is 0 Å². The molecule has 0 aromatic rings. The Kier molecular flexibility index (Phi) is 14.9. The standard InChI is InChI=1S/C22H42O4SSi/c1-3-5-7-9-11-13-19-28(20-14-12-10-8-6-4-2)25-21(23)15-17-27-18-16-22(24)26-28/h3-20H2,1-2H3. The largest absolute Gasteiger partial charge is 0.485 e. The summed E-state index contributed by atoms with van der Waals surface area (Å²) >= 11 is 1.63. The van der Waals surface area contributed by atoms with Crippen molar-refractivity contribution in [3.05, 3.63) is 0 Å². The molecule has 1 rings (SSSR count). The highest BCUT2D eigenvalue weighted by molar-refractivity contribution is 7.99. The number of hydrogen-bond acceptors (Lipinski definition) is 5. The lowest BCUT2D eigenvalue weighted by molar-refractivity contribution is -0.141. The van der Waals surface area contributed by atoms with Crippen molar-refractivity contribution in [1.29, 1.82) is 0 Å². The number of rotatable bonds is 14. The molecule has 0 unspecified atom stereocenters. The molecule has 0 aromatic heterocycles. The zero-order valence-electron chi connectivity index (χ0n) is 18.3. The molecule has 28 heavy (non-hydrogen) atoms. The number of thioether (sulfide) groups is 1. The summed E-state index contributed by atoms with van der Waals surface area (Å²) in [4.78, 5) is 24.8. The van der Waals surface area contributed by atoms with Gasteiger partial charge in [0.1, 0.15) is 0 Å². The quantitative estimate of drug-likeness (QED) is 0.225. The second-order valence-corrected chi connectivity index (χ2v) is 12.5. The van der Waals surface area contributed by atoms with Gasteiger partial charge < -0.3 is 8.85 Å². The predicted molar refractivity (Wildman–Crippen MR) is 121 cm³/mol. The number of carbonyl (C=O) groups excluding carboxylic acids is 2. The summed E-state index contributed by atoms with van der Waals surface area (Å²) in [5.41, 5.74) is 0. The van der Waals surface area contributed by atoms with E-state index in [0.29, 0.717) is 12.8 Å². The molecule has 0 atom stereocenters. The van der Waals surface area contributed by atoms with E-state index >= 15 is 0 Å². The molecule has 6 heteroatoms. The lowest BCUT2D eigenvalue weighted by Crippen LogP contribution is -2.46. The minimum Gasteiger partial charge on any atom is -0.485 e. The van der Waals surface area contributed by atoms with Crippen LogP contribution in [0.15, 0.2) is 0 Å². The van der Waals surface area contributed by atoms with Crippen molar-refractivity contribution in [3.63, 3.8) is 0 Å². The first-order chi connectivity index (χ1) is 13.6. The van der Waals surface area contributed by atoms with E-state index in [9.17, 15) is 9.59 Å². The summed E-state index contributed by atoms with van der Waals surface area (Å²) in [6.07, 6.45) is 15.1. The van der Waals surface area contributed by atoms with Gasteiger partial charge in [-0.2, -0.15) is 11.8 Å². The molecule has 164 valence electrons. The van der Waals surface area contributed by atoms with E-state index in [0.717, 1.165) is 49.3 Å². The van der Waals surface area contributed by atoms with Crippen LogP contribution in [0.1, 0.15) is 104 Å². The van der Waals surface area contributed by atoms with Crippen LogP contribution in [0.2, 0.25) is 12.1 Å². The highest BCUT2D eigenvalue weighted by atomic mass is 32.2. The zero-order valence-corrected chi connectivity index (χ0v) is 20.1. The number of hydrogen-bond donors (Lipinski definition) is 0. The smallest absolute Gasteiger partial charge is 0.464 e. The van der Waals surface area contributed by atoms with Crippen molar-refractivity contribution in [3.8, 4) is 0 Å². The molecule has 0 bridgehead atoms. The van der Waals surface area contributed by atoms with Gasteiger partial charge in [0.25, 0.3) is 11.9 Å². The van der Waals surface area contributed by atoms with Crippen LogP contribution < -0.4 is 0 Å². The Labute approximate surface area is 178 Å². The molecule has 4 nitrogen and oxygen atoms in total. The third kappa shape index (κ3) is 12.2. The summed E-state index contributed by atoms with van der Waals surface area (Å²) in [5.74, 6) is 1.16. The van der Waals surface area contributed by atoms with E-state index in [1.54, 1.807) is 11.8 Å². The van der Waals surface area contributed by atoms with Gasteiger partial charge in [-0.3, -0.25) is 9.59 Å². The van der Waals surface area contributed by atoms with Crippen LogP contribution in [0.25, 0.3) is 0 Å². The summed E-state index contributed by atoms with van der Waals surface area (Å²) in [7, 11) is -2.79. The van der Waals surface area contributed by atoms with Gasteiger partial charge in [0.05, 0.1) is 12.8 Å². The molecule has 0 radical (unpaired) electrons. The molecular formula is C22H42O4SSi. The van der Waals surface area contributed by atoms with Crippen LogP contribution in [0.4, 0.5) is 0 Å². The van der Waals surface area contributed by atoms with Gasteiger partial charge in [0, 0.05) is 23.6 Å². The average molecular weight is 431 g/mol. The maximum Gasteiger partial charge on any atom is 0.464 e. The Bertz CT molecular complexity index is 393. The first-order valence-electron chi connectivity index (χ1n) is 11.6. The van der Waals surface area contributed by atoms with Crippen LogP contribution in [0, 0.1) is 0 Å². The van der Waals surface area contributed by atoms with Gasteiger partial charge in [-0.05, 0) is 12.8 Å². The van der Waals surface area contributed by atoms with Crippen molar-refractivity contribution in [1.82, 2.24) is 0 Å². The predicted octanol–water partition coefficient (Wildman–Crippen LogP) is 6.76. The van der Waals surface area contributed by atoms with Crippen LogP contribution in [-0.4, -0.2) is 32.0 Å². The Morgan fingerprint density at radius 1 is 0.679 bits per heavy atom. The highest BCUT2D eigenvalue weighted by Gasteiger charge is 2.44. The minimum atomic E-state index is -2.79. The first kappa shape index (κ1) is 25.5. The fourth-order valence-corrected chi connectivity index (χ4v) is 7.77. The zero-order chi connectivity index (χ0) is 20.5. The Balaban J connectivity index is 2.64. The molecule has 0 aromatic carbocycles. The summed E-state index contributed by atoms with van der Waals surface area (Å²) < 4.78 is 12.0. The lowest BCUT2D eigenvalue weighted by Gasteiger charge is -2.30. The van der Waals surface area contributed by atoms with E-state index in [4.69, 9.17) is 8.85 Å². The maximum atomic E-state index is 12.4. The first-order valence-corrected chi connectivity index (χ1v) is 15.0. The Morgan fingerprint density at radius 2 is 1.07 bits per heavy atom. The molecule has 1 saturated heterocycles. The molecule has 0 saturated carbocycles. The van der Waals surface area contributed by atoms with Crippen molar-refractivity contribution in [2.45, 2.75) is 116 Å². The number of carbonyl (C=O) groups is 2. The molecule has 1 aliphatic rings. The van der Waals surface area contributed by atoms with Crippen LogP contribution in [0.5, 0.6) is 0 Å². The van der Waals surface area contributed by atoms with Gasteiger partial charge in [-0.15, -0.1) is 0 Å². The third-order valence-electron chi connectivity index (χ3n) is 5.32. The van der Waals surface area contributed by atoms with Crippen molar-refractivity contribution >= 4 is 32.3 Å². The molecule has 1 heterocycles. The van der Waals surface area contributed by atoms with Crippen molar-refractivity contribution < 1.29 is 18.4 Å². The normalized spacial score (nSPS) is 17.8. The third-order valence-corrected chi connectivity index (χ3v) is 9.74. The number of unbranched alkanes of at least 4 members (excludes halogenated alkanes) is 10. The molecule has 0 N–H and O–H groups in total. The Hall–Kier alpha value is -0.493. The van der Waals surface area contributed by atoms with Crippen LogP contribution in [0.3, 0.4) is 0 Å². The second kappa shape index (κ2) is 16.3. The molecule has 0 aliphatic carbocycles. The summed E-state index contributed by atoms with van der Waals surface area (Å²) in [6.45, 7) is 4.44. The molecule has 0 spiro atoms. The van der Waals surface area contributed by atoms with Gasteiger partial charge in [0.2, 0.25) is 0 Å². The average Bonchev–Trinajstić information content (AvgIpc) is 2.66. The van der Waals surface area contributed by atoms with E-state index in [2.05, 4.69) is 13.8 Å². The van der Waals surface area contributed by atoms with E-state index in [-0.39, 0.29) is 11.9 Å². The van der Waals surface area contributed by atoms with E-state index in [1.807, 2.05) is 0 Å². The highest BCUT2D eigenvalue weighted by Crippen LogP contribution is 2.28. The fourth-order valence-electron chi connectivity index (χ4n) is 3.63. The van der Waals surface area contributed by atoms with Crippen molar-refractivity contribution in [2.75, 3.05) is 11.5 Å². The Morgan fingerprint density at radius 3 is 1.50 bits per heavy atom. The lowest BCUT2D eigenvalue weighted by atomic mass is 10.1. The molecular weight excluding hydrogens is 388 g/mol. The maximum absolute atomic E-state index is 12.4. The van der Waals surface area contributed by atoms with Gasteiger partial charge in [-0.25, -0.2) is 0 Å². The SMILES string of the molecule is CCCCCCCC[Si]1(CCCCCCCC)OC(=O)CCSCCC(=O)O1. The fraction of sp³-hybridized carbons (Fsp3) is 0.909. The van der Waals surface area contributed by atoms with E-state index < -0.39 is 8.56 Å². The van der Waals surface area contributed by atoms with E-state index in [1.165, 1.54) is 51.4 Å². The topological polar surface area (TPSA) is 52.6 Å². The minimum absolute atomic E-state index is 0.161. The summed E-state index contributed by atoms with van der Waals surface area (Å²) in [6, 6.07) is 1.55. The second-order valence-electron chi connectivity index (χ2n) is 8.01. The molecule has 0 amide bonds. The van der Waals surface area contributed by atoms with Crippen LogP contribution >= 0.6 is 11.8 Å². The van der Waals surface area contributed by atoms with Crippen LogP contribution in [-0.2, 0) is 18.4 Å². The monoisotopic (exact) mass is 430 g/mol. The van der Waals surface area contributed by atoms with Gasteiger partial charge in [0.15, 0.2) is 0 Å². The van der Waals surface area contributed by atoms with Gasteiger partial charge in [-0.1, -0.05) is 78.1 Å². The molecule has 1 fully saturated rings. The summed E-state index contributed by atoms with van der Waals surface area (Å²) in [5, 5.41) is 0. The van der Waals surface area contributed by atoms with Gasteiger partial charge >= 0.3 is 8.56 Å².